The second kappa shape index (κ2) is 22.9. The first-order chi connectivity index (χ1) is 15.3. The highest BCUT2D eigenvalue weighted by Gasteiger charge is 2.21. The average molecular weight is 519 g/mol. The van der Waals surface area contributed by atoms with Crippen LogP contribution in [-0.2, 0) is 14.4 Å². The lowest BCUT2D eigenvalue weighted by Gasteiger charge is -2.18. The third-order valence-electron chi connectivity index (χ3n) is 4.89. The predicted octanol–water partition coefficient (Wildman–Crippen LogP) is 5.44. The number of hydrogen-bond acceptors (Lipinski definition) is 6. The molecule has 0 unspecified atom stereocenters. The second-order valence-electron chi connectivity index (χ2n) is 12.1. The molecule has 0 spiro atoms. The number of nitrogens with two attached hydrogens (primary N) is 2. The minimum absolute atomic E-state index is 0. The normalized spacial score (nSPS) is 11.1. The predicted molar refractivity (Wildman–Crippen MR) is 159 cm³/mol. The van der Waals surface area contributed by atoms with Crippen molar-refractivity contribution in [3.8, 4) is 0 Å². The Morgan fingerprint density at radius 3 is 1.33 bits per heavy atom. The highest BCUT2D eigenvalue weighted by molar-refractivity contribution is 5.84. The van der Waals surface area contributed by atoms with Gasteiger partial charge in [-0.1, -0.05) is 77.2 Å². The van der Waals surface area contributed by atoms with Crippen molar-refractivity contribution in [3.05, 3.63) is 0 Å². The summed E-state index contributed by atoms with van der Waals surface area (Å²) in [6.45, 7) is 20.5. The first kappa shape index (κ1) is 44.7. The van der Waals surface area contributed by atoms with E-state index in [1.807, 2.05) is 76.4 Å². The van der Waals surface area contributed by atoms with E-state index in [-0.39, 0.29) is 37.0 Å². The van der Waals surface area contributed by atoms with Crippen molar-refractivity contribution in [2.45, 2.75) is 116 Å². The third kappa shape index (κ3) is 30.7. The molecule has 36 heavy (non-hydrogen) atoms. The monoisotopic (exact) mass is 519 g/mol. The van der Waals surface area contributed by atoms with E-state index < -0.39 is 0 Å². The molecule has 0 aromatic rings. The van der Waals surface area contributed by atoms with E-state index in [0.717, 1.165) is 38.8 Å². The summed E-state index contributed by atoms with van der Waals surface area (Å²) in [5, 5.41) is 2.91. The van der Waals surface area contributed by atoms with E-state index >= 15 is 0 Å². The average Bonchev–Trinajstić information content (AvgIpc) is 2.68. The number of carbonyl (C=O) groups excluding carboxylic acids is 3. The van der Waals surface area contributed by atoms with Crippen molar-refractivity contribution < 1.29 is 14.4 Å². The summed E-state index contributed by atoms with van der Waals surface area (Å²) in [5.74, 6) is 0.773. The minimum Gasteiger partial charge on any atom is -0.356 e. The summed E-state index contributed by atoms with van der Waals surface area (Å²) in [7, 11) is 4.07. The molecule has 0 saturated carbocycles. The Bertz CT molecular complexity index is 554. The van der Waals surface area contributed by atoms with E-state index in [1.165, 1.54) is 0 Å². The van der Waals surface area contributed by atoms with E-state index in [4.69, 9.17) is 11.5 Å². The molecule has 0 aliphatic heterocycles. The van der Waals surface area contributed by atoms with Gasteiger partial charge in [0, 0.05) is 35.6 Å². The second-order valence-corrected chi connectivity index (χ2v) is 12.1. The molecule has 0 saturated heterocycles. The van der Waals surface area contributed by atoms with Gasteiger partial charge < -0.3 is 21.7 Å². The molecule has 0 radical (unpaired) electrons. The summed E-state index contributed by atoms with van der Waals surface area (Å²) in [6, 6.07) is 0. The van der Waals surface area contributed by atoms with Crippen LogP contribution in [0.3, 0.4) is 0 Å². The van der Waals surface area contributed by atoms with Crippen LogP contribution in [-0.4, -0.2) is 62.6 Å². The van der Waals surface area contributed by atoms with Crippen molar-refractivity contribution >= 4 is 17.5 Å². The lowest BCUT2D eigenvalue weighted by molar-refractivity contribution is -0.128. The van der Waals surface area contributed by atoms with Crippen LogP contribution in [0.4, 0.5) is 0 Å². The molecule has 0 aromatic carbocycles. The van der Waals surface area contributed by atoms with Crippen molar-refractivity contribution in [2.24, 2.45) is 27.7 Å². The lowest BCUT2D eigenvalue weighted by Crippen LogP contribution is -2.36. The number of amides is 1. The van der Waals surface area contributed by atoms with Gasteiger partial charge in [0.1, 0.15) is 11.6 Å². The Balaban J connectivity index is -0.000000131. The van der Waals surface area contributed by atoms with Crippen molar-refractivity contribution in [2.75, 3.05) is 40.3 Å². The third-order valence-corrected chi connectivity index (χ3v) is 4.89. The first-order valence-electron chi connectivity index (χ1n) is 12.7. The molecular formula is C29H66N4O3. The maximum Gasteiger partial charge on any atom is 0.225 e. The zero-order valence-corrected chi connectivity index (χ0v) is 24.4. The van der Waals surface area contributed by atoms with Crippen LogP contribution < -0.4 is 16.8 Å². The van der Waals surface area contributed by atoms with E-state index in [2.05, 4.69) is 10.2 Å². The Morgan fingerprint density at radius 2 is 1.03 bits per heavy atom. The van der Waals surface area contributed by atoms with Crippen molar-refractivity contribution in [1.82, 2.24) is 10.2 Å². The maximum atomic E-state index is 11.4. The summed E-state index contributed by atoms with van der Waals surface area (Å²) >= 11 is 0. The number of ketones is 2. The van der Waals surface area contributed by atoms with Gasteiger partial charge in [-0.3, -0.25) is 14.4 Å². The van der Waals surface area contributed by atoms with E-state index in [0.29, 0.717) is 37.5 Å². The van der Waals surface area contributed by atoms with Crippen LogP contribution in [0.5, 0.6) is 0 Å². The smallest absolute Gasteiger partial charge is 0.225 e. The maximum absolute atomic E-state index is 11.4. The van der Waals surface area contributed by atoms with Crippen LogP contribution in [0, 0.1) is 16.2 Å². The number of rotatable bonds is 11. The van der Waals surface area contributed by atoms with Crippen molar-refractivity contribution in [1.29, 1.82) is 0 Å². The van der Waals surface area contributed by atoms with Gasteiger partial charge in [-0.05, 0) is 59.4 Å². The van der Waals surface area contributed by atoms with E-state index in [9.17, 15) is 14.4 Å². The van der Waals surface area contributed by atoms with Crippen molar-refractivity contribution in [3.63, 3.8) is 0 Å². The van der Waals surface area contributed by atoms with E-state index in [1.54, 1.807) is 0 Å². The number of Topliss-reactive ketones (excluding diaryl/α,β-unsaturated/α-hetero) is 2. The SMILES string of the molecule is C.C.CC(C)(C)C(=O)CCCCN.CC(C)(C)C(=O)CCCN.CN(C)CCCNC(=O)C(C)(C)C. The van der Waals surface area contributed by atoms with Gasteiger partial charge in [0.15, 0.2) is 0 Å². The molecule has 220 valence electrons. The number of hydrogen-bond donors (Lipinski definition) is 3. The molecule has 0 aliphatic rings. The fourth-order valence-electron chi connectivity index (χ4n) is 2.30. The molecule has 0 aliphatic carbocycles. The minimum atomic E-state index is -0.266. The molecule has 7 nitrogen and oxygen atoms in total. The summed E-state index contributed by atoms with van der Waals surface area (Å²) in [4.78, 5) is 36.0. The molecule has 1 amide bonds. The fraction of sp³-hybridized carbons (Fsp3) is 0.897. The Morgan fingerprint density at radius 1 is 0.639 bits per heavy atom. The molecule has 0 atom stereocenters. The van der Waals surface area contributed by atoms with Crippen LogP contribution in [0.15, 0.2) is 0 Å². The number of unbranched alkanes of at least 4 members (excludes halogenated alkanes) is 1. The Labute approximate surface area is 225 Å². The zero-order chi connectivity index (χ0) is 27.6. The highest BCUT2D eigenvalue weighted by Crippen LogP contribution is 2.18. The highest BCUT2D eigenvalue weighted by atomic mass is 16.2. The molecule has 7 heteroatoms. The molecule has 0 rings (SSSR count). The van der Waals surface area contributed by atoms with Gasteiger partial charge in [-0.2, -0.15) is 0 Å². The fourth-order valence-corrected chi connectivity index (χ4v) is 2.30. The molecule has 0 bridgehead atoms. The number of carbonyl (C=O) groups is 3. The quantitative estimate of drug-likeness (QED) is 0.313. The van der Waals surface area contributed by atoms with Crippen LogP contribution in [0.25, 0.3) is 0 Å². The molecular weight excluding hydrogens is 452 g/mol. The molecule has 0 heterocycles. The van der Waals surface area contributed by atoms with Gasteiger partial charge in [0.05, 0.1) is 0 Å². The first-order valence-corrected chi connectivity index (χ1v) is 12.7. The van der Waals surface area contributed by atoms with Gasteiger partial charge >= 0.3 is 0 Å². The van der Waals surface area contributed by atoms with Crippen LogP contribution in [0.2, 0.25) is 0 Å². The lowest BCUT2D eigenvalue weighted by atomic mass is 9.88. The summed E-state index contributed by atoms with van der Waals surface area (Å²) in [6.07, 6.45) is 5.03. The molecule has 5 N–H and O–H groups in total. The van der Waals surface area contributed by atoms with Gasteiger partial charge in [-0.15, -0.1) is 0 Å². The number of nitrogens with zero attached hydrogens (tertiary/aromatic N) is 1. The summed E-state index contributed by atoms with van der Waals surface area (Å²) < 4.78 is 0. The molecule has 0 fully saturated rings. The number of nitrogens with one attached hydrogen (secondary N) is 1. The van der Waals surface area contributed by atoms with Crippen LogP contribution in [0.1, 0.15) is 116 Å². The van der Waals surface area contributed by atoms with Gasteiger partial charge in [0.2, 0.25) is 5.91 Å². The van der Waals surface area contributed by atoms with Crippen LogP contribution >= 0.6 is 0 Å². The molecule has 0 aromatic heterocycles. The Kier molecular flexibility index (Phi) is 28.4. The standard InChI is InChI=1S/C10H22N2O.C9H19NO.C8H17NO.2CH4/c1-10(2,3)9(13)11-7-6-8-12(4)5;1-9(2,3)8(11)6-4-5-7-10;1-8(2,3)7(10)5-4-6-9;;/h6-8H2,1-5H3,(H,11,13);4-7,10H2,1-3H3;4-6,9H2,1-3H3;2*1H4. The van der Waals surface area contributed by atoms with Gasteiger partial charge in [0.25, 0.3) is 0 Å². The topological polar surface area (TPSA) is 119 Å². The zero-order valence-electron chi connectivity index (χ0n) is 24.4. The summed E-state index contributed by atoms with van der Waals surface area (Å²) in [5.41, 5.74) is 9.96. The Hall–Kier alpha value is -1.31. The largest absolute Gasteiger partial charge is 0.356 e. The van der Waals surface area contributed by atoms with Gasteiger partial charge in [-0.25, -0.2) is 0 Å².